The first-order valence-corrected chi connectivity index (χ1v) is 9.61. The molecular formula is C21H26N6O. The van der Waals surface area contributed by atoms with E-state index in [1.807, 2.05) is 36.5 Å². The van der Waals surface area contributed by atoms with Crippen LogP contribution >= 0.6 is 0 Å². The molecule has 1 aliphatic rings. The van der Waals surface area contributed by atoms with Crippen LogP contribution in [0, 0.1) is 5.92 Å². The van der Waals surface area contributed by atoms with Gasteiger partial charge in [0.1, 0.15) is 0 Å². The highest BCUT2D eigenvalue weighted by molar-refractivity contribution is 5.89. The van der Waals surface area contributed by atoms with Crippen LogP contribution < -0.4 is 10.2 Å². The third-order valence-corrected chi connectivity index (χ3v) is 5.25. The normalized spacial score (nSPS) is 19.5. The molecule has 146 valence electrons. The minimum atomic E-state index is 0.0503. The zero-order valence-corrected chi connectivity index (χ0v) is 16.3. The molecule has 2 aromatic heterocycles. The Kier molecular flexibility index (Phi) is 5.25. The van der Waals surface area contributed by atoms with Gasteiger partial charge in [0.2, 0.25) is 11.9 Å². The van der Waals surface area contributed by atoms with Gasteiger partial charge in [-0.3, -0.25) is 4.79 Å². The lowest BCUT2D eigenvalue weighted by Gasteiger charge is -2.22. The number of rotatable bonds is 6. The summed E-state index contributed by atoms with van der Waals surface area (Å²) in [5.41, 5.74) is 2.09. The molecule has 4 rings (SSSR count). The van der Waals surface area contributed by atoms with Crippen molar-refractivity contribution in [2.75, 3.05) is 38.6 Å². The Morgan fingerprint density at radius 3 is 2.79 bits per heavy atom. The van der Waals surface area contributed by atoms with Crippen LogP contribution in [0.25, 0.3) is 10.9 Å². The summed E-state index contributed by atoms with van der Waals surface area (Å²) in [6, 6.07) is 9.96. The van der Waals surface area contributed by atoms with Crippen LogP contribution in [-0.2, 0) is 11.2 Å². The SMILES string of the molecule is CN(C)CC1CN(c2ncccn2)CC1NC(=O)Cc1c[nH]c2ccccc12. The zero-order chi connectivity index (χ0) is 19.5. The molecule has 2 atom stereocenters. The largest absolute Gasteiger partial charge is 0.361 e. The smallest absolute Gasteiger partial charge is 0.225 e. The molecule has 7 heteroatoms. The van der Waals surface area contributed by atoms with Gasteiger partial charge in [-0.05, 0) is 31.8 Å². The van der Waals surface area contributed by atoms with Gasteiger partial charge in [-0.15, -0.1) is 0 Å². The predicted molar refractivity (Wildman–Crippen MR) is 110 cm³/mol. The molecule has 1 fully saturated rings. The maximum atomic E-state index is 12.8. The maximum Gasteiger partial charge on any atom is 0.225 e. The number of aromatic nitrogens is 3. The van der Waals surface area contributed by atoms with Crippen LogP contribution in [0.2, 0.25) is 0 Å². The monoisotopic (exact) mass is 378 g/mol. The van der Waals surface area contributed by atoms with Crippen LogP contribution in [0.5, 0.6) is 0 Å². The lowest BCUT2D eigenvalue weighted by Crippen LogP contribution is -2.44. The number of nitrogens with one attached hydrogen (secondary N) is 2. The lowest BCUT2D eigenvalue weighted by molar-refractivity contribution is -0.121. The van der Waals surface area contributed by atoms with Gasteiger partial charge in [0, 0.05) is 55.0 Å². The van der Waals surface area contributed by atoms with Crippen LogP contribution in [0.3, 0.4) is 0 Å². The molecule has 2 N–H and O–H groups in total. The van der Waals surface area contributed by atoms with Crippen molar-refractivity contribution < 1.29 is 4.79 Å². The minimum absolute atomic E-state index is 0.0503. The second-order valence-corrected chi connectivity index (χ2v) is 7.69. The summed E-state index contributed by atoms with van der Waals surface area (Å²) in [4.78, 5) is 29.1. The van der Waals surface area contributed by atoms with E-state index in [0.29, 0.717) is 12.3 Å². The summed E-state index contributed by atoms with van der Waals surface area (Å²) in [5, 5.41) is 4.37. The fourth-order valence-corrected chi connectivity index (χ4v) is 4.02. The topological polar surface area (TPSA) is 77.2 Å². The van der Waals surface area contributed by atoms with Crippen molar-refractivity contribution in [3.63, 3.8) is 0 Å². The average Bonchev–Trinajstić information content (AvgIpc) is 3.27. The highest BCUT2D eigenvalue weighted by atomic mass is 16.1. The number of carbonyl (C=O) groups excluding carboxylic acids is 1. The summed E-state index contributed by atoms with van der Waals surface area (Å²) in [7, 11) is 4.12. The van der Waals surface area contributed by atoms with Gasteiger partial charge in [0.05, 0.1) is 12.5 Å². The van der Waals surface area contributed by atoms with E-state index in [9.17, 15) is 4.79 Å². The first-order valence-electron chi connectivity index (χ1n) is 9.61. The summed E-state index contributed by atoms with van der Waals surface area (Å²) in [5.74, 6) is 1.10. The van der Waals surface area contributed by atoms with Crippen LogP contribution in [0.4, 0.5) is 5.95 Å². The molecule has 28 heavy (non-hydrogen) atoms. The number of aromatic amines is 1. The van der Waals surface area contributed by atoms with Gasteiger partial charge in [-0.1, -0.05) is 18.2 Å². The van der Waals surface area contributed by atoms with Gasteiger partial charge in [-0.2, -0.15) is 0 Å². The molecule has 0 aliphatic carbocycles. The van der Waals surface area contributed by atoms with Crippen molar-refractivity contribution in [3.05, 3.63) is 54.5 Å². The molecule has 0 radical (unpaired) electrons. The number of carbonyl (C=O) groups is 1. The molecule has 0 saturated carbocycles. The van der Waals surface area contributed by atoms with E-state index in [1.54, 1.807) is 12.4 Å². The number of anilines is 1. The standard InChI is InChI=1S/C21H26N6O/c1-26(2)12-16-13-27(21-22-8-5-9-23-21)14-19(16)25-20(28)10-15-11-24-18-7-4-3-6-17(15)18/h3-9,11,16,19,24H,10,12-14H2,1-2H3,(H,25,28). The number of nitrogens with zero attached hydrogens (tertiary/aromatic N) is 4. The van der Waals surface area contributed by atoms with E-state index >= 15 is 0 Å². The van der Waals surface area contributed by atoms with Crippen molar-refractivity contribution in [1.29, 1.82) is 0 Å². The van der Waals surface area contributed by atoms with Crippen molar-refractivity contribution >= 4 is 22.8 Å². The minimum Gasteiger partial charge on any atom is -0.361 e. The number of hydrogen-bond donors (Lipinski definition) is 2. The van der Waals surface area contributed by atoms with Crippen molar-refractivity contribution in [3.8, 4) is 0 Å². The Balaban J connectivity index is 1.45. The third-order valence-electron chi connectivity index (χ3n) is 5.25. The second kappa shape index (κ2) is 7.98. The molecule has 0 bridgehead atoms. The molecule has 1 aromatic carbocycles. The molecular weight excluding hydrogens is 352 g/mol. The van der Waals surface area contributed by atoms with Crippen LogP contribution in [-0.4, -0.2) is 65.5 Å². The lowest BCUT2D eigenvalue weighted by atomic mass is 10.0. The van der Waals surface area contributed by atoms with E-state index in [-0.39, 0.29) is 11.9 Å². The average molecular weight is 378 g/mol. The van der Waals surface area contributed by atoms with Gasteiger partial charge in [0.15, 0.2) is 0 Å². The first-order chi connectivity index (χ1) is 13.6. The van der Waals surface area contributed by atoms with E-state index in [2.05, 4.69) is 44.2 Å². The fraction of sp³-hybridized carbons (Fsp3) is 0.381. The van der Waals surface area contributed by atoms with Crippen LogP contribution in [0.1, 0.15) is 5.56 Å². The summed E-state index contributed by atoms with van der Waals surface area (Å²) >= 11 is 0. The van der Waals surface area contributed by atoms with E-state index in [0.717, 1.165) is 42.0 Å². The Morgan fingerprint density at radius 2 is 2.00 bits per heavy atom. The molecule has 3 aromatic rings. The van der Waals surface area contributed by atoms with E-state index < -0.39 is 0 Å². The van der Waals surface area contributed by atoms with E-state index in [4.69, 9.17) is 0 Å². The van der Waals surface area contributed by atoms with Gasteiger partial charge in [-0.25, -0.2) is 9.97 Å². The van der Waals surface area contributed by atoms with Crippen molar-refractivity contribution in [1.82, 2.24) is 25.2 Å². The molecule has 2 unspecified atom stereocenters. The van der Waals surface area contributed by atoms with Gasteiger partial charge >= 0.3 is 0 Å². The number of benzene rings is 1. The summed E-state index contributed by atoms with van der Waals surface area (Å²) in [6.45, 7) is 2.46. The fourth-order valence-electron chi connectivity index (χ4n) is 4.02. The highest BCUT2D eigenvalue weighted by Crippen LogP contribution is 2.22. The van der Waals surface area contributed by atoms with Crippen molar-refractivity contribution in [2.45, 2.75) is 12.5 Å². The maximum absolute atomic E-state index is 12.8. The quantitative estimate of drug-likeness (QED) is 0.683. The Morgan fingerprint density at radius 1 is 1.21 bits per heavy atom. The second-order valence-electron chi connectivity index (χ2n) is 7.69. The Hall–Kier alpha value is -2.93. The molecule has 7 nitrogen and oxygen atoms in total. The van der Waals surface area contributed by atoms with Crippen LogP contribution in [0.15, 0.2) is 48.9 Å². The van der Waals surface area contributed by atoms with Gasteiger partial charge < -0.3 is 20.1 Å². The zero-order valence-electron chi connectivity index (χ0n) is 16.3. The molecule has 0 spiro atoms. The highest BCUT2D eigenvalue weighted by Gasteiger charge is 2.35. The molecule has 3 heterocycles. The van der Waals surface area contributed by atoms with E-state index in [1.165, 1.54) is 0 Å². The number of amides is 1. The first kappa shape index (κ1) is 18.4. The number of para-hydroxylation sites is 1. The summed E-state index contributed by atoms with van der Waals surface area (Å²) < 4.78 is 0. The number of H-pyrrole nitrogens is 1. The van der Waals surface area contributed by atoms with Gasteiger partial charge in [0.25, 0.3) is 0 Å². The molecule has 1 aliphatic heterocycles. The summed E-state index contributed by atoms with van der Waals surface area (Å²) in [6.07, 6.45) is 5.82. The molecule has 1 saturated heterocycles. The Labute approximate surface area is 164 Å². The van der Waals surface area contributed by atoms with Crippen molar-refractivity contribution in [2.24, 2.45) is 5.92 Å². The number of hydrogen-bond acceptors (Lipinski definition) is 5. The third kappa shape index (κ3) is 3.99. The predicted octanol–water partition coefficient (Wildman–Crippen LogP) is 1.68. The Bertz CT molecular complexity index is 938. The molecule has 1 amide bonds. The number of fused-ring (bicyclic) bond motifs is 1.